The van der Waals surface area contributed by atoms with Gasteiger partial charge in [0.25, 0.3) is 5.91 Å². The van der Waals surface area contributed by atoms with Crippen molar-refractivity contribution >= 4 is 22.5 Å². The number of nitrogens with one attached hydrogen (secondary N) is 3. The van der Waals surface area contributed by atoms with Gasteiger partial charge in [0.05, 0.1) is 26.0 Å². The van der Waals surface area contributed by atoms with Crippen molar-refractivity contribution in [3.8, 4) is 11.5 Å². The minimum atomic E-state index is -0.842. The summed E-state index contributed by atoms with van der Waals surface area (Å²) in [5.74, 6) is 1.61. The van der Waals surface area contributed by atoms with E-state index in [0.29, 0.717) is 48.1 Å². The molecular formula is C23H27FN4O4. The summed E-state index contributed by atoms with van der Waals surface area (Å²) in [7, 11) is 3.10. The Morgan fingerprint density at radius 1 is 1.25 bits per heavy atom. The van der Waals surface area contributed by atoms with Gasteiger partial charge in [0.15, 0.2) is 0 Å². The molecule has 1 amide bonds. The quantitative estimate of drug-likeness (QED) is 0.249. The lowest BCUT2D eigenvalue weighted by Crippen LogP contribution is -2.31. The molecule has 0 spiro atoms. The lowest BCUT2D eigenvalue weighted by atomic mass is 10.0. The van der Waals surface area contributed by atoms with Crippen LogP contribution in [0.3, 0.4) is 0 Å². The monoisotopic (exact) mass is 442 g/mol. The topological polar surface area (TPSA) is 109 Å². The van der Waals surface area contributed by atoms with E-state index in [1.165, 1.54) is 7.11 Å². The number of hydrogen-bond donors (Lipinski definition) is 3. The van der Waals surface area contributed by atoms with Crippen molar-refractivity contribution in [1.29, 1.82) is 5.41 Å². The number of methoxy groups -OCH3 is 2. The van der Waals surface area contributed by atoms with Crippen LogP contribution in [0.15, 0.2) is 40.9 Å². The first-order valence-electron chi connectivity index (χ1n) is 10.2. The van der Waals surface area contributed by atoms with Crippen LogP contribution < -0.4 is 20.1 Å². The number of fused-ring (bicyclic) bond motifs is 1. The average Bonchev–Trinajstić information content (AvgIpc) is 3.25. The molecule has 0 aliphatic rings. The molecule has 8 nitrogen and oxygen atoms in total. The van der Waals surface area contributed by atoms with Crippen LogP contribution in [-0.4, -0.2) is 44.2 Å². The van der Waals surface area contributed by atoms with Crippen molar-refractivity contribution in [2.24, 2.45) is 0 Å². The molecule has 32 heavy (non-hydrogen) atoms. The van der Waals surface area contributed by atoms with Crippen molar-refractivity contribution in [2.45, 2.75) is 25.8 Å². The molecule has 0 radical (unpaired) electrons. The third kappa shape index (κ3) is 5.35. The van der Waals surface area contributed by atoms with Gasteiger partial charge in [0, 0.05) is 11.9 Å². The second kappa shape index (κ2) is 10.6. The highest BCUT2D eigenvalue weighted by atomic mass is 19.1. The molecular weight excluding hydrogens is 415 g/mol. The first-order valence-corrected chi connectivity index (χ1v) is 10.2. The highest BCUT2D eigenvalue weighted by Gasteiger charge is 2.23. The molecule has 0 saturated heterocycles. The Morgan fingerprint density at radius 3 is 2.69 bits per heavy atom. The van der Waals surface area contributed by atoms with Crippen LogP contribution in [0.4, 0.5) is 4.39 Å². The third-order valence-electron chi connectivity index (χ3n) is 5.01. The summed E-state index contributed by atoms with van der Waals surface area (Å²) in [4.78, 5) is 17.5. The highest BCUT2D eigenvalue weighted by molar-refractivity contribution is 6.03. The fraction of sp³-hybridized carbons (Fsp3) is 0.348. The summed E-state index contributed by atoms with van der Waals surface area (Å²) in [5.41, 5.74) is 0.374. The van der Waals surface area contributed by atoms with E-state index >= 15 is 0 Å². The third-order valence-corrected chi connectivity index (χ3v) is 5.01. The van der Waals surface area contributed by atoms with Crippen molar-refractivity contribution in [2.75, 3.05) is 27.4 Å². The number of oxazole rings is 1. The lowest BCUT2D eigenvalue weighted by Gasteiger charge is -2.18. The van der Waals surface area contributed by atoms with E-state index in [1.807, 2.05) is 18.2 Å². The summed E-state index contributed by atoms with van der Waals surface area (Å²) in [5, 5.41) is 14.7. The van der Waals surface area contributed by atoms with E-state index in [1.54, 1.807) is 32.4 Å². The van der Waals surface area contributed by atoms with Crippen molar-refractivity contribution in [1.82, 2.24) is 15.6 Å². The van der Waals surface area contributed by atoms with Gasteiger partial charge >= 0.3 is 0 Å². The highest BCUT2D eigenvalue weighted by Crippen LogP contribution is 2.32. The number of halogens is 1. The molecule has 2 aromatic carbocycles. The number of aromatic nitrogens is 1. The smallest absolute Gasteiger partial charge is 0.255 e. The summed E-state index contributed by atoms with van der Waals surface area (Å²) in [6.07, 6.45) is 2.65. The number of rotatable bonds is 10. The zero-order chi connectivity index (χ0) is 23.1. The summed E-state index contributed by atoms with van der Waals surface area (Å²) in [6, 6.07) is 8.64. The molecule has 3 rings (SSSR count). The number of ether oxygens (including phenoxy) is 2. The van der Waals surface area contributed by atoms with Crippen LogP contribution in [0.25, 0.3) is 10.8 Å². The fourth-order valence-corrected chi connectivity index (χ4v) is 3.42. The Hall–Kier alpha value is -3.62. The normalized spacial score (nSPS) is 11.8. The van der Waals surface area contributed by atoms with Crippen LogP contribution in [-0.2, 0) is 0 Å². The molecule has 170 valence electrons. The molecule has 3 N–H and O–H groups in total. The predicted molar refractivity (Wildman–Crippen MR) is 119 cm³/mol. The molecule has 0 saturated carbocycles. The number of hydrogen-bond acceptors (Lipinski definition) is 6. The minimum absolute atomic E-state index is 0.172. The molecule has 9 heteroatoms. The predicted octanol–water partition coefficient (Wildman–Crippen LogP) is 3.94. The average molecular weight is 442 g/mol. The van der Waals surface area contributed by atoms with E-state index in [-0.39, 0.29) is 11.7 Å². The molecule has 1 heterocycles. The lowest BCUT2D eigenvalue weighted by molar-refractivity contribution is 0.0924. The van der Waals surface area contributed by atoms with Crippen molar-refractivity contribution < 1.29 is 23.1 Å². The van der Waals surface area contributed by atoms with Gasteiger partial charge in [-0.15, -0.1) is 0 Å². The van der Waals surface area contributed by atoms with Gasteiger partial charge in [-0.2, -0.15) is 0 Å². The number of amides is 1. The summed E-state index contributed by atoms with van der Waals surface area (Å²) >= 11 is 0. The number of carbonyl (C=O) groups excluding carboxylic acids is 1. The van der Waals surface area contributed by atoms with Gasteiger partial charge in [0.1, 0.15) is 35.8 Å². The molecule has 0 aliphatic heterocycles. The maximum Gasteiger partial charge on any atom is 0.255 e. The number of amidine groups is 1. The van der Waals surface area contributed by atoms with E-state index in [2.05, 4.69) is 15.6 Å². The van der Waals surface area contributed by atoms with Crippen LogP contribution in [0.1, 0.15) is 40.9 Å². The number of carbonyl (C=O) groups is 1. The van der Waals surface area contributed by atoms with Gasteiger partial charge in [-0.25, -0.2) is 9.37 Å². The standard InChI is InChI=1S/C23H27FN4O4/c1-14-13-27-23(32-14)18(7-5-9-26-21(25)12-24)28-22(29)17-10-15-6-4-8-19(30-2)16(15)11-20(17)31-3/h4,6,8,10-11,13,18H,5,7,9,12H2,1-3H3,(H2,25,26)(H,28,29). The van der Waals surface area contributed by atoms with Crippen LogP contribution in [0.5, 0.6) is 11.5 Å². The second-order valence-corrected chi connectivity index (χ2v) is 7.25. The first-order chi connectivity index (χ1) is 15.5. The Bertz CT molecular complexity index is 1100. The largest absolute Gasteiger partial charge is 0.496 e. The number of alkyl halides is 1. The summed E-state index contributed by atoms with van der Waals surface area (Å²) < 4.78 is 29.0. The molecule has 0 aliphatic carbocycles. The van der Waals surface area contributed by atoms with Gasteiger partial charge < -0.3 is 24.5 Å². The fourth-order valence-electron chi connectivity index (χ4n) is 3.42. The van der Waals surface area contributed by atoms with Crippen molar-refractivity contribution in [3.05, 3.63) is 53.7 Å². The summed E-state index contributed by atoms with van der Waals surface area (Å²) in [6.45, 7) is 1.33. The number of benzene rings is 2. The Morgan fingerprint density at radius 2 is 2.03 bits per heavy atom. The van der Waals surface area contributed by atoms with Crippen molar-refractivity contribution in [3.63, 3.8) is 0 Å². The number of nitrogens with zero attached hydrogens (tertiary/aromatic N) is 1. The van der Waals surface area contributed by atoms with Crippen LogP contribution in [0, 0.1) is 12.3 Å². The molecule has 0 fully saturated rings. The maximum atomic E-state index is 13.2. The van der Waals surface area contributed by atoms with E-state index < -0.39 is 12.7 Å². The SMILES string of the molecule is COc1cc2c(OC)cccc2cc1C(=O)NC(CCCNC(=N)CF)c1ncc(C)o1. The molecule has 1 atom stereocenters. The second-order valence-electron chi connectivity index (χ2n) is 7.25. The molecule has 0 bridgehead atoms. The Labute approximate surface area is 185 Å². The van der Waals surface area contributed by atoms with E-state index in [0.717, 1.165) is 10.8 Å². The van der Waals surface area contributed by atoms with Gasteiger partial charge in [-0.1, -0.05) is 12.1 Å². The van der Waals surface area contributed by atoms with E-state index in [4.69, 9.17) is 19.3 Å². The zero-order valence-electron chi connectivity index (χ0n) is 18.3. The molecule has 1 aromatic heterocycles. The van der Waals surface area contributed by atoms with Crippen LogP contribution >= 0.6 is 0 Å². The zero-order valence-corrected chi connectivity index (χ0v) is 18.3. The Kier molecular flexibility index (Phi) is 7.64. The van der Waals surface area contributed by atoms with Crippen LogP contribution in [0.2, 0.25) is 0 Å². The van der Waals surface area contributed by atoms with Gasteiger partial charge in [-0.05, 0) is 43.4 Å². The number of aryl methyl sites for hydroxylation is 1. The Balaban J connectivity index is 1.83. The van der Waals surface area contributed by atoms with Gasteiger partial charge in [0.2, 0.25) is 5.89 Å². The minimum Gasteiger partial charge on any atom is -0.496 e. The maximum absolute atomic E-state index is 13.2. The van der Waals surface area contributed by atoms with Gasteiger partial charge in [-0.3, -0.25) is 10.2 Å². The molecule has 1 unspecified atom stereocenters. The first kappa shape index (κ1) is 23.1. The molecule has 3 aromatic rings. The van der Waals surface area contributed by atoms with E-state index in [9.17, 15) is 9.18 Å².